The molecule has 4 nitrogen and oxygen atoms in total. The second-order valence-electron chi connectivity index (χ2n) is 4.39. The molecule has 2 heterocycles. The van der Waals surface area contributed by atoms with Crippen LogP contribution in [-0.4, -0.2) is 28.5 Å². The molecule has 0 amide bonds. The van der Waals surface area contributed by atoms with Crippen molar-refractivity contribution in [2.24, 2.45) is 12.8 Å². The van der Waals surface area contributed by atoms with Crippen LogP contribution in [0.1, 0.15) is 24.2 Å². The van der Waals surface area contributed by atoms with Gasteiger partial charge in [0, 0.05) is 26.1 Å². The number of ether oxygens (including phenoxy) is 1. The van der Waals surface area contributed by atoms with E-state index in [9.17, 15) is 0 Å². The Kier molecular flexibility index (Phi) is 3.52. The van der Waals surface area contributed by atoms with Crippen LogP contribution >= 0.6 is 11.6 Å². The maximum atomic E-state index is 6.19. The average molecular weight is 244 g/mol. The minimum absolute atomic E-state index is 0.00907. The molecule has 0 bridgehead atoms. The molecule has 2 atom stereocenters. The molecule has 0 saturated carbocycles. The van der Waals surface area contributed by atoms with Gasteiger partial charge in [0.15, 0.2) is 0 Å². The fraction of sp³-hybridized carbons (Fsp3) is 0.727. The van der Waals surface area contributed by atoms with Crippen LogP contribution in [0.2, 0.25) is 5.02 Å². The molecule has 0 aliphatic carbocycles. The SMILES string of the molecule is Cc1nn(C)c(CC(N)C2CCCO2)c1Cl. The van der Waals surface area contributed by atoms with E-state index < -0.39 is 0 Å². The van der Waals surface area contributed by atoms with Crippen molar-refractivity contribution in [3.63, 3.8) is 0 Å². The monoisotopic (exact) mass is 243 g/mol. The van der Waals surface area contributed by atoms with E-state index in [0.29, 0.717) is 0 Å². The fourth-order valence-electron chi connectivity index (χ4n) is 2.20. The molecule has 1 saturated heterocycles. The summed E-state index contributed by atoms with van der Waals surface area (Å²) in [7, 11) is 1.90. The van der Waals surface area contributed by atoms with Crippen molar-refractivity contribution in [3.8, 4) is 0 Å². The number of halogens is 1. The molecule has 2 unspecified atom stereocenters. The molecule has 5 heteroatoms. The Morgan fingerprint density at radius 3 is 2.94 bits per heavy atom. The van der Waals surface area contributed by atoms with Crippen LogP contribution < -0.4 is 5.73 Å². The van der Waals surface area contributed by atoms with Gasteiger partial charge in [0.05, 0.1) is 22.5 Å². The van der Waals surface area contributed by atoms with Gasteiger partial charge in [0.25, 0.3) is 0 Å². The van der Waals surface area contributed by atoms with Gasteiger partial charge in [0.2, 0.25) is 0 Å². The summed E-state index contributed by atoms with van der Waals surface area (Å²) in [5, 5.41) is 5.01. The molecule has 0 aromatic carbocycles. The Morgan fingerprint density at radius 1 is 1.69 bits per heavy atom. The van der Waals surface area contributed by atoms with Crippen molar-refractivity contribution < 1.29 is 4.74 Å². The number of nitrogens with two attached hydrogens (primary N) is 1. The third-order valence-electron chi connectivity index (χ3n) is 3.13. The predicted molar refractivity (Wildman–Crippen MR) is 63.6 cm³/mol. The first kappa shape index (κ1) is 11.9. The van der Waals surface area contributed by atoms with Crippen LogP contribution in [0.3, 0.4) is 0 Å². The molecule has 1 aromatic heterocycles. The molecule has 16 heavy (non-hydrogen) atoms. The first-order valence-corrected chi connectivity index (χ1v) is 6.02. The second-order valence-corrected chi connectivity index (χ2v) is 4.77. The lowest BCUT2D eigenvalue weighted by Gasteiger charge is -2.18. The van der Waals surface area contributed by atoms with Gasteiger partial charge in [-0.1, -0.05) is 11.6 Å². The number of aryl methyl sites for hydroxylation is 2. The summed E-state index contributed by atoms with van der Waals surface area (Å²) in [4.78, 5) is 0. The number of rotatable bonds is 3. The first-order valence-electron chi connectivity index (χ1n) is 5.64. The molecule has 2 rings (SSSR count). The Labute approximate surface area is 101 Å². The molecule has 1 fully saturated rings. The van der Waals surface area contributed by atoms with Gasteiger partial charge in [-0.2, -0.15) is 5.10 Å². The van der Waals surface area contributed by atoms with E-state index in [-0.39, 0.29) is 12.1 Å². The predicted octanol–water partition coefficient (Wildman–Crippen LogP) is 1.43. The Balaban J connectivity index is 2.07. The maximum absolute atomic E-state index is 6.19. The van der Waals surface area contributed by atoms with E-state index >= 15 is 0 Å². The topological polar surface area (TPSA) is 53.1 Å². The quantitative estimate of drug-likeness (QED) is 0.874. The van der Waals surface area contributed by atoms with Crippen LogP contribution in [0.4, 0.5) is 0 Å². The summed E-state index contributed by atoms with van der Waals surface area (Å²) in [5.41, 5.74) is 8.00. The summed E-state index contributed by atoms with van der Waals surface area (Å²) < 4.78 is 7.39. The van der Waals surface area contributed by atoms with Crippen LogP contribution in [-0.2, 0) is 18.2 Å². The fourth-order valence-corrected chi connectivity index (χ4v) is 2.43. The highest BCUT2D eigenvalue weighted by Gasteiger charge is 2.25. The minimum atomic E-state index is 0.00907. The number of hydrogen-bond donors (Lipinski definition) is 1. The summed E-state index contributed by atoms with van der Waals surface area (Å²) >= 11 is 6.19. The van der Waals surface area contributed by atoms with E-state index in [2.05, 4.69) is 5.10 Å². The largest absolute Gasteiger partial charge is 0.377 e. The maximum Gasteiger partial charge on any atom is 0.0847 e. The number of aromatic nitrogens is 2. The lowest BCUT2D eigenvalue weighted by molar-refractivity contribution is 0.0895. The molecule has 2 N–H and O–H groups in total. The Hall–Kier alpha value is -0.580. The summed E-state index contributed by atoms with van der Waals surface area (Å²) in [6, 6.07) is 0.00907. The van der Waals surface area contributed by atoms with Gasteiger partial charge in [-0.25, -0.2) is 0 Å². The van der Waals surface area contributed by atoms with Crippen molar-refractivity contribution >= 4 is 11.6 Å². The van der Waals surface area contributed by atoms with Gasteiger partial charge in [-0.3, -0.25) is 4.68 Å². The van der Waals surface area contributed by atoms with E-state index in [0.717, 1.165) is 42.3 Å². The van der Waals surface area contributed by atoms with Gasteiger partial charge in [0.1, 0.15) is 0 Å². The summed E-state index contributed by atoms with van der Waals surface area (Å²) in [6.45, 7) is 2.74. The molecule has 1 aliphatic heterocycles. The summed E-state index contributed by atoms with van der Waals surface area (Å²) in [6.07, 6.45) is 3.05. The molecule has 1 aliphatic rings. The second kappa shape index (κ2) is 4.73. The van der Waals surface area contributed by atoms with Crippen LogP contribution in [0.5, 0.6) is 0 Å². The highest BCUT2D eigenvalue weighted by Crippen LogP contribution is 2.23. The van der Waals surface area contributed by atoms with Gasteiger partial charge < -0.3 is 10.5 Å². The van der Waals surface area contributed by atoms with Crippen molar-refractivity contribution in [3.05, 3.63) is 16.4 Å². The summed E-state index contributed by atoms with van der Waals surface area (Å²) in [5.74, 6) is 0. The molecular weight excluding hydrogens is 226 g/mol. The van der Waals surface area contributed by atoms with Crippen LogP contribution in [0.15, 0.2) is 0 Å². The molecule has 0 spiro atoms. The Bertz CT molecular complexity index is 372. The van der Waals surface area contributed by atoms with Crippen molar-refractivity contribution in [2.45, 2.75) is 38.3 Å². The highest BCUT2D eigenvalue weighted by atomic mass is 35.5. The van der Waals surface area contributed by atoms with Crippen molar-refractivity contribution in [2.75, 3.05) is 6.61 Å². The first-order chi connectivity index (χ1) is 7.59. The number of hydrogen-bond acceptors (Lipinski definition) is 3. The van der Waals surface area contributed by atoms with E-state index in [4.69, 9.17) is 22.1 Å². The zero-order chi connectivity index (χ0) is 11.7. The van der Waals surface area contributed by atoms with Crippen molar-refractivity contribution in [1.82, 2.24) is 9.78 Å². The van der Waals surface area contributed by atoms with E-state index in [1.807, 2.05) is 18.7 Å². The lowest BCUT2D eigenvalue weighted by Crippen LogP contribution is -2.36. The zero-order valence-electron chi connectivity index (χ0n) is 9.74. The lowest BCUT2D eigenvalue weighted by atomic mass is 10.0. The van der Waals surface area contributed by atoms with E-state index in [1.165, 1.54) is 0 Å². The van der Waals surface area contributed by atoms with Gasteiger partial charge in [-0.15, -0.1) is 0 Å². The highest BCUT2D eigenvalue weighted by molar-refractivity contribution is 6.31. The molecule has 90 valence electrons. The molecule has 0 radical (unpaired) electrons. The third-order valence-corrected chi connectivity index (χ3v) is 3.62. The van der Waals surface area contributed by atoms with Gasteiger partial charge >= 0.3 is 0 Å². The third kappa shape index (κ3) is 2.24. The zero-order valence-corrected chi connectivity index (χ0v) is 10.5. The Morgan fingerprint density at radius 2 is 2.44 bits per heavy atom. The number of nitrogens with zero attached hydrogens (tertiary/aromatic N) is 2. The smallest absolute Gasteiger partial charge is 0.0847 e. The van der Waals surface area contributed by atoms with Crippen LogP contribution in [0, 0.1) is 6.92 Å². The minimum Gasteiger partial charge on any atom is -0.377 e. The van der Waals surface area contributed by atoms with E-state index in [1.54, 1.807) is 0 Å². The normalized spacial score (nSPS) is 22.6. The average Bonchev–Trinajstić information content (AvgIpc) is 2.83. The van der Waals surface area contributed by atoms with Crippen molar-refractivity contribution in [1.29, 1.82) is 0 Å². The standard InChI is InChI=1S/C11H18ClN3O/c1-7-11(12)9(15(2)14-7)6-8(13)10-4-3-5-16-10/h8,10H,3-6,13H2,1-2H3. The molecular formula is C11H18ClN3O. The molecule has 1 aromatic rings. The van der Waals surface area contributed by atoms with Gasteiger partial charge in [-0.05, 0) is 19.8 Å². The van der Waals surface area contributed by atoms with Crippen LogP contribution in [0.25, 0.3) is 0 Å².